The fourth-order valence-corrected chi connectivity index (χ4v) is 3.33. The molecule has 0 bridgehead atoms. The summed E-state index contributed by atoms with van der Waals surface area (Å²) in [4.78, 5) is 13.5. The Morgan fingerprint density at radius 1 is 1.43 bits per heavy atom. The molecule has 1 aromatic carbocycles. The smallest absolute Gasteiger partial charge is 0.371 e. The van der Waals surface area contributed by atoms with Crippen molar-refractivity contribution in [3.8, 4) is 0 Å². The Morgan fingerprint density at radius 3 is 2.95 bits per heavy atom. The van der Waals surface area contributed by atoms with Gasteiger partial charge in [-0.25, -0.2) is 4.79 Å². The molecule has 0 amide bonds. The summed E-state index contributed by atoms with van der Waals surface area (Å²) in [5.41, 5.74) is 1.85. The number of furan rings is 1. The summed E-state index contributed by atoms with van der Waals surface area (Å²) in [6.07, 6.45) is 2.54. The fraction of sp³-hybridized carbons (Fsp3) is 0.471. The van der Waals surface area contributed by atoms with E-state index in [1.54, 1.807) is 6.07 Å². The van der Waals surface area contributed by atoms with Crippen LogP contribution in [0.25, 0.3) is 11.0 Å². The van der Waals surface area contributed by atoms with E-state index in [4.69, 9.17) is 9.52 Å². The maximum Gasteiger partial charge on any atom is 0.371 e. The van der Waals surface area contributed by atoms with E-state index in [0.29, 0.717) is 17.5 Å². The van der Waals surface area contributed by atoms with Crippen molar-refractivity contribution in [2.75, 3.05) is 6.54 Å². The highest BCUT2D eigenvalue weighted by atomic mass is 16.4. The Labute approximate surface area is 124 Å². The van der Waals surface area contributed by atoms with Crippen molar-refractivity contribution in [1.29, 1.82) is 0 Å². The van der Waals surface area contributed by atoms with Crippen molar-refractivity contribution in [3.63, 3.8) is 0 Å². The third-order valence-electron chi connectivity index (χ3n) is 4.36. The van der Waals surface area contributed by atoms with Crippen molar-refractivity contribution >= 4 is 16.9 Å². The molecule has 112 valence electrons. The number of hydrogen-bond acceptors (Lipinski definition) is 3. The summed E-state index contributed by atoms with van der Waals surface area (Å²) in [7, 11) is 0. The van der Waals surface area contributed by atoms with Crippen LogP contribution >= 0.6 is 0 Å². The molecule has 1 saturated heterocycles. The van der Waals surface area contributed by atoms with Crippen molar-refractivity contribution in [3.05, 3.63) is 35.6 Å². The topological polar surface area (TPSA) is 53.7 Å². The molecule has 1 unspecified atom stereocenters. The van der Waals surface area contributed by atoms with Crippen LogP contribution in [0.4, 0.5) is 0 Å². The standard InChI is InChI=1S/C17H21NO3/c1-11(2)14-4-3-7-18(14)10-12-5-6-15-13(8-12)9-16(21-15)17(19)20/h5-6,8-9,11,14H,3-4,7,10H2,1-2H3,(H,19,20). The van der Waals surface area contributed by atoms with Gasteiger partial charge in [0, 0.05) is 18.0 Å². The second kappa shape index (κ2) is 5.53. The predicted octanol–water partition coefficient (Wildman–Crippen LogP) is 3.75. The third kappa shape index (κ3) is 2.81. The lowest BCUT2D eigenvalue weighted by Crippen LogP contribution is -2.32. The van der Waals surface area contributed by atoms with Gasteiger partial charge in [0.2, 0.25) is 5.76 Å². The van der Waals surface area contributed by atoms with Gasteiger partial charge in [0.05, 0.1) is 0 Å². The van der Waals surface area contributed by atoms with Gasteiger partial charge in [0.15, 0.2) is 0 Å². The van der Waals surface area contributed by atoms with E-state index in [-0.39, 0.29) is 5.76 Å². The van der Waals surface area contributed by atoms with Gasteiger partial charge in [0.25, 0.3) is 0 Å². The number of hydrogen-bond donors (Lipinski definition) is 1. The van der Waals surface area contributed by atoms with Crippen molar-refractivity contribution in [2.45, 2.75) is 39.3 Å². The summed E-state index contributed by atoms with van der Waals surface area (Å²) in [5.74, 6) is -0.348. The molecule has 0 aliphatic carbocycles. The van der Waals surface area contributed by atoms with Gasteiger partial charge < -0.3 is 9.52 Å². The average molecular weight is 287 g/mol. The molecule has 1 aromatic heterocycles. The van der Waals surface area contributed by atoms with Crippen LogP contribution in [0.5, 0.6) is 0 Å². The molecule has 4 heteroatoms. The highest BCUT2D eigenvalue weighted by Crippen LogP contribution is 2.27. The van der Waals surface area contributed by atoms with E-state index >= 15 is 0 Å². The molecule has 1 atom stereocenters. The summed E-state index contributed by atoms with van der Waals surface area (Å²) in [5, 5.41) is 9.84. The maximum atomic E-state index is 11.0. The van der Waals surface area contributed by atoms with Crippen molar-refractivity contribution < 1.29 is 14.3 Å². The SMILES string of the molecule is CC(C)C1CCCN1Cc1ccc2oc(C(=O)O)cc2c1. The molecule has 4 nitrogen and oxygen atoms in total. The number of carboxylic acid groups (broad SMARTS) is 1. The molecule has 1 fully saturated rings. The predicted molar refractivity (Wildman–Crippen MR) is 81.4 cm³/mol. The van der Waals surface area contributed by atoms with Crippen molar-refractivity contribution in [2.24, 2.45) is 5.92 Å². The summed E-state index contributed by atoms with van der Waals surface area (Å²) in [6, 6.07) is 8.20. The molecular weight excluding hydrogens is 266 g/mol. The number of benzene rings is 1. The second-order valence-corrected chi connectivity index (χ2v) is 6.21. The third-order valence-corrected chi connectivity index (χ3v) is 4.36. The summed E-state index contributed by atoms with van der Waals surface area (Å²) >= 11 is 0. The molecule has 1 N–H and O–H groups in total. The van der Waals surface area contributed by atoms with Crippen LogP contribution in [0.3, 0.4) is 0 Å². The quantitative estimate of drug-likeness (QED) is 0.930. The summed E-state index contributed by atoms with van der Waals surface area (Å²) < 4.78 is 5.30. The molecule has 0 spiro atoms. The lowest BCUT2D eigenvalue weighted by molar-refractivity contribution is 0.0665. The van der Waals surface area contributed by atoms with E-state index in [0.717, 1.165) is 18.5 Å². The minimum atomic E-state index is -1.02. The number of carbonyl (C=O) groups is 1. The average Bonchev–Trinajstić information content (AvgIpc) is 3.04. The number of nitrogens with zero attached hydrogens (tertiary/aromatic N) is 1. The number of fused-ring (bicyclic) bond motifs is 1. The van der Waals surface area contributed by atoms with E-state index in [9.17, 15) is 4.79 Å². The first-order valence-electron chi connectivity index (χ1n) is 7.54. The highest BCUT2D eigenvalue weighted by Gasteiger charge is 2.26. The molecule has 0 saturated carbocycles. The summed E-state index contributed by atoms with van der Waals surface area (Å²) in [6.45, 7) is 6.63. The van der Waals surface area contributed by atoms with Gasteiger partial charge in [-0.05, 0) is 49.1 Å². The lowest BCUT2D eigenvalue weighted by atomic mass is 10.0. The first-order valence-corrected chi connectivity index (χ1v) is 7.54. The fourth-order valence-electron chi connectivity index (χ4n) is 3.33. The van der Waals surface area contributed by atoms with Gasteiger partial charge in [0.1, 0.15) is 5.58 Å². The Bertz CT molecular complexity index is 659. The van der Waals surface area contributed by atoms with Crippen LogP contribution < -0.4 is 0 Å². The number of aromatic carboxylic acids is 1. The monoisotopic (exact) mass is 287 g/mol. The maximum absolute atomic E-state index is 11.0. The first-order chi connectivity index (χ1) is 10.0. The Kier molecular flexibility index (Phi) is 3.72. The largest absolute Gasteiger partial charge is 0.475 e. The zero-order valence-corrected chi connectivity index (χ0v) is 12.5. The number of likely N-dealkylation sites (tertiary alicyclic amines) is 1. The van der Waals surface area contributed by atoms with Crippen LogP contribution in [0.15, 0.2) is 28.7 Å². The van der Waals surface area contributed by atoms with Gasteiger partial charge in [-0.2, -0.15) is 0 Å². The Hall–Kier alpha value is -1.81. The van der Waals surface area contributed by atoms with Gasteiger partial charge in [-0.1, -0.05) is 19.9 Å². The molecule has 2 aromatic rings. The molecule has 3 rings (SSSR count). The second-order valence-electron chi connectivity index (χ2n) is 6.21. The van der Waals surface area contributed by atoms with Crippen LogP contribution in [0.1, 0.15) is 42.8 Å². The molecule has 1 aliphatic rings. The van der Waals surface area contributed by atoms with Crippen LogP contribution in [0.2, 0.25) is 0 Å². The lowest BCUT2D eigenvalue weighted by Gasteiger charge is -2.27. The molecular formula is C17H21NO3. The minimum Gasteiger partial charge on any atom is -0.475 e. The number of carboxylic acids is 1. The minimum absolute atomic E-state index is 0.00313. The highest BCUT2D eigenvalue weighted by molar-refractivity contribution is 5.91. The molecule has 0 radical (unpaired) electrons. The molecule has 2 heterocycles. The van der Waals surface area contributed by atoms with E-state index in [2.05, 4.69) is 18.7 Å². The van der Waals surface area contributed by atoms with Crippen LogP contribution in [0, 0.1) is 5.92 Å². The van der Waals surface area contributed by atoms with Crippen LogP contribution in [-0.4, -0.2) is 28.6 Å². The zero-order valence-electron chi connectivity index (χ0n) is 12.5. The normalized spacial score (nSPS) is 19.7. The Balaban J connectivity index is 1.82. The Morgan fingerprint density at radius 2 is 2.24 bits per heavy atom. The first kappa shape index (κ1) is 14.1. The van der Waals surface area contributed by atoms with Gasteiger partial charge in [-0.3, -0.25) is 4.90 Å². The van der Waals surface area contributed by atoms with Gasteiger partial charge >= 0.3 is 5.97 Å². The molecule has 1 aliphatic heterocycles. The van der Waals surface area contributed by atoms with E-state index in [1.807, 2.05) is 18.2 Å². The van der Waals surface area contributed by atoms with Crippen LogP contribution in [-0.2, 0) is 6.54 Å². The van der Waals surface area contributed by atoms with E-state index in [1.165, 1.54) is 18.4 Å². The molecule has 21 heavy (non-hydrogen) atoms. The zero-order chi connectivity index (χ0) is 15.0. The van der Waals surface area contributed by atoms with E-state index < -0.39 is 5.97 Å². The van der Waals surface area contributed by atoms with Gasteiger partial charge in [-0.15, -0.1) is 0 Å². The van der Waals surface area contributed by atoms with Crippen molar-refractivity contribution in [1.82, 2.24) is 4.90 Å². The number of rotatable bonds is 4.